The van der Waals surface area contributed by atoms with Crippen LogP contribution in [0, 0.1) is 0 Å². The lowest BCUT2D eigenvalue weighted by Gasteiger charge is -2.06. The van der Waals surface area contributed by atoms with Gasteiger partial charge in [0.2, 0.25) is 5.91 Å². The van der Waals surface area contributed by atoms with Crippen molar-refractivity contribution in [3.8, 4) is 0 Å². The largest absolute Gasteiger partial charge is 0.385 e. The van der Waals surface area contributed by atoms with Crippen LogP contribution in [0.25, 0.3) is 0 Å². The van der Waals surface area contributed by atoms with Gasteiger partial charge in [-0.1, -0.05) is 6.07 Å². The SMILES string of the molecule is CCNc1cccc(NC(C)=O)c1. The van der Waals surface area contributed by atoms with Crippen molar-refractivity contribution in [2.45, 2.75) is 13.8 Å². The monoisotopic (exact) mass is 178 g/mol. The van der Waals surface area contributed by atoms with Crippen molar-refractivity contribution in [1.82, 2.24) is 0 Å². The molecule has 0 heterocycles. The molecule has 13 heavy (non-hydrogen) atoms. The molecule has 0 fully saturated rings. The van der Waals surface area contributed by atoms with Crippen molar-refractivity contribution in [3.05, 3.63) is 24.3 Å². The number of carbonyl (C=O) groups is 1. The standard InChI is InChI=1S/C10H14N2O/c1-3-11-9-5-4-6-10(7-9)12-8(2)13/h4-7,11H,3H2,1-2H3,(H,12,13). The van der Waals surface area contributed by atoms with Crippen LogP contribution in [0.4, 0.5) is 11.4 Å². The number of nitrogens with one attached hydrogen (secondary N) is 2. The van der Waals surface area contributed by atoms with Gasteiger partial charge >= 0.3 is 0 Å². The van der Waals surface area contributed by atoms with Crippen LogP contribution in [0.15, 0.2) is 24.3 Å². The quantitative estimate of drug-likeness (QED) is 0.744. The van der Waals surface area contributed by atoms with Crippen molar-refractivity contribution in [2.24, 2.45) is 0 Å². The number of hydrogen-bond acceptors (Lipinski definition) is 2. The van der Waals surface area contributed by atoms with E-state index in [0.29, 0.717) is 0 Å². The smallest absolute Gasteiger partial charge is 0.221 e. The van der Waals surface area contributed by atoms with Gasteiger partial charge in [-0.25, -0.2) is 0 Å². The molecular weight excluding hydrogens is 164 g/mol. The van der Waals surface area contributed by atoms with Gasteiger partial charge in [-0.05, 0) is 25.1 Å². The van der Waals surface area contributed by atoms with E-state index in [9.17, 15) is 4.79 Å². The predicted octanol–water partition coefficient (Wildman–Crippen LogP) is 2.08. The number of anilines is 2. The lowest BCUT2D eigenvalue weighted by Crippen LogP contribution is -2.06. The third-order valence-electron chi connectivity index (χ3n) is 1.56. The van der Waals surface area contributed by atoms with Gasteiger partial charge < -0.3 is 10.6 Å². The van der Waals surface area contributed by atoms with E-state index in [-0.39, 0.29) is 5.91 Å². The van der Waals surface area contributed by atoms with Crippen LogP contribution in [-0.4, -0.2) is 12.5 Å². The lowest BCUT2D eigenvalue weighted by atomic mass is 10.2. The molecular formula is C10H14N2O. The molecule has 3 nitrogen and oxygen atoms in total. The van der Waals surface area contributed by atoms with Gasteiger partial charge in [0.25, 0.3) is 0 Å². The van der Waals surface area contributed by atoms with Gasteiger partial charge in [0.05, 0.1) is 0 Å². The molecule has 0 radical (unpaired) electrons. The average molecular weight is 178 g/mol. The number of rotatable bonds is 3. The zero-order valence-electron chi connectivity index (χ0n) is 7.92. The summed E-state index contributed by atoms with van der Waals surface area (Å²) in [5.74, 6) is -0.0475. The van der Waals surface area contributed by atoms with Gasteiger partial charge in [0.15, 0.2) is 0 Å². The van der Waals surface area contributed by atoms with Crippen molar-refractivity contribution >= 4 is 17.3 Å². The molecule has 70 valence electrons. The first-order chi connectivity index (χ1) is 6.22. The first kappa shape index (κ1) is 9.58. The minimum absolute atomic E-state index is 0.0475. The summed E-state index contributed by atoms with van der Waals surface area (Å²) in [4.78, 5) is 10.8. The van der Waals surface area contributed by atoms with Crippen molar-refractivity contribution in [2.75, 3.05) is 17.2 Å². The molecule has 0 saturated carbocycles. The Hall–Kier alpha value is -1.51. The van der Waals surface area contributed by atoms with Crippen molar-refractivity contribution in [3.63, 3.8) is 0 Å². The van der Waals surface area contributed by atoms with Crippen LogP contribution < -0.4 is 10.6 Å². The van der Waals surface area contributed by atoms with Crippen molar-refractivity contribution in [1.29, 1.82) is 0 Å². The second kappa shape index (κ2) is 4.50. The summed E-state index contributed by atoms with van der Waals surface area (Å²) in [5.41, 5.74) is 1.85. The molecule has 0 aliphatic carbocycles. The predicted molar refractivity (Wildman–Crippen MR) is 54.9 cm³/mol. The summed E-state index contributed by atoms with van der Waals surface area (Å²) in [6.45, 7) is 4.41. The zero-order valence-corrected chi connectivity index (χ0v) is 7.92. The average Bonchev–Trinajstić information content (AvgIpc) is 2.04. The van der Waals surface area contributed by atoms with E-state index in [1.54, 1.807) is 0 Å². The molecule has 0 bridgehead atoms. The Balaban J connectivity index is 2.73. The Morgan fingerprint density at radius 1 is 1.38 bits per heavy atom. The molecule has 0 aliphatic heterocycles. The Bertz CT molecular complexity index is 297. The first-order valence-corrected chi connectivity index (χ1v) is 4.34. The Kier molecular flexibility index (Phi) is 3.31. The zero-order chi connectivity index (χ0) is 9.68. The highest BCUT2D eigenvalue weighted by molar-refractivity contribution is 5.89. The molecule has 0 spiro atoms. The highest BCUT2D eigenvalue weighted by atomic mass is 16.1. The molecule has 0 atom stereocenters. The lowest BCUT2D eigenvalue weighted by molar-refractivity contribution is -0.114. The first-order valence-electron chi connectivity index (χ1n) is 4.34. The fourth-order valence-electron chi connectivity index (χ4n) is 1.11. The highest BCUT2D eigenvalue weighted by Gasteiger charge is 1.95. The summed E-state index contributed by atoms with van der Waals surface area (Å²) in [7, 11) is 0. The molecule has 1 amide bonds. The van der Waals surface area contributed by atoms with E-state index in [4.69, 9.17) is 0 Å². The minimum atomic E-state index is -0.0475. The summed E-state index contributed by atoms with van der Waals surface area (Å²) in [6.07, 6.45) is 0. The number of benzene rings is 1. The molecule has 0 saturated heterocycles. The van der Waals surface area contributed by atoms with Crippen LogP contribution in [0.2, 0.25) is 0 Å². The van der Waals surface area contributed by atoms with Gasteiger partial charge in [0.1, 0.15) is 0 Å². The van der Waals surface area contributed by atoms with E-state index in [2.05, 4.69) is 10.6 Å². The Labute approximate surface area is 78.2 Å². The maximum absolute atomic E-state index is 10.8. The van der Waals surface area contributed by atoms with Crippen LogP contribution >= 0.6 is 0 Å². The van der Waals surface area contributed by atoms with Crippen molar-refractivity contribution < 1.29 is 4.79 Å². The molecule has 0 aliphatic rings. The summed E-state index contributed by atoms with van der Waals surface area (Å²) >= 11 is 0. The normalized spacial score (nSPS) is 9.38. The van der Waals surface area contributed by atoms with E-state index in [1.807, 2.05) is 31.2 Å². The summed E-state index contributed by atoms with van der Waals surface area (Å²) in [5, 5.41) is 5.89. The summed E-state index contributed by atoms with van der Waals surface area (Å²) < 4.78 is 0. The Morgan fingerprint density at radius 3 is 2.69 bits per heavy atom. The topological polar surface area (TPSA) is 41.1 Å². The van der Waals surface area contributed by atoms with E-state index in [0.717, 1.165) is 17.9 Å². The van der Waals surface area contributed by atoms with Crippen LogP contribution in [0.5, 0.6) is 0 Å². The van der Waals surface area contributed by atoms with E-state index in [1.165, 1.54) is 6.92 Å². The second-order valence-corrected chi connectivity index (χ2v) is 2.79. The molecule has 0 aromatic heterocycles. The number of amides is 1. The second-order valence-electron chi connectivity index (χ2n) is 2.79. The fraction of sp³-hybridized carbons (Fsp3) is 0.300. The maximum atomic E-state index is 10.8. The van der Waals surface area contributed by atoms with Gasteiger partial charge in [0, 0.05) is 24.8 Å². The van der Waals surface area contributed by atoms with Crippen LogP contribution in [-0.2, 0) is 4.79 Å². The molecule has 1 aromatic rings. The van der Waals surface area contributed by atoms with Crippen LogP contribution in [0.3, 0.4) is 0 Å². The fourth-order valence-corrected chi connectivity index (χ4v) is 1.11. The van der Waals surface area contributed by atoms with Gasteiger partial charge in [-0.15, -0.1) is 0 Å². The summed E-state index contributed by atoms with van der Waals surface area (Å²) in [6, 6.07) is 7.64. The third-order valence-corrected chi connectivity index (χ3v) is 1.56. The minimum Gasteiger partial charge on any atom is -0.385 e. The maximum Gasteiger partial charge on any atom is 0.221 e. The van der Waals surface area contributed by atoms with Gasteiger partial charge in [-0.3, -0.25) is 4.79 Å². The molecule has 1 rings (SSSR count). The van der Waals surface area contributed by atoms with E-state index >= 15 is 0 Å². The van der Waals surface area contributed by atoms with E-state index < -0.39 is 0 Å². The molecule has 0 unspecified atom stereocenters. The molecule has 3 heteroatoms. The number of hydrogen-bond donors (Lipinski definition) is 2. The highest BCUT2D eigenvalue weighted by Crippen LogP contribution is 2.14. The molecule has 1 aromatic carbocycles. The third kappa shape index (κ3) is 3.15. The van der Waals surface area contributed by atoms with Gasteiger partial charge in [-0.2, -0.15) is 0 Å². The Morgan fingerprint density at radius 2 is 2.08 bits per heavy atom. The van der Waals surface area contributed by atoms with Crippen LogP contribution in [0.1, 0.15) is 13.8 Å². The number of carbonyl (C=O) groups excluding carboxylic acids is 1. The molecule has 2 N–H and O–H groups in total.